The summed E-state index contributed by atoms with van der Waals surface area (Å²) < 4.78 is 5.20. The minimum atomic E-state index is -0.228. The number of nitrogens with zero attached hydrogens (tertiary/aromatic N) is 1. The monoisotopic (exact) mass is 377 g/mol. The van der Waals surface area contributed by atoms with Crippen LogP contribution in [0.4, 0.5) is 5.69 Å². The molecule has 0 saturated carbocycles. The van der Waals surface area contributed by atoms with Gasteiger partial charge in [0.05, 0.1) is 13.0 Å². The zero-order valence-corrected chi connectivity index (χ0v) is 15.8. The van der Waals surface area contributed by atoms with E-state index in [4.69, 9.17) is 4.74 Å². The van der Waals surface area contributed by atoms with Crippen LogP contribution in [-0.2, 0) is 4.79 Å². The fourth-order valence-electron chi connectivity index (χ4n) is 3.68. The zero-order chi connectivity index (χ0) is 19.5. The molecule has 0 spiro atoms. The van der Waals surface area contributed by atoms with Crippen LogP contribution < -0.4 is 10.1 Å². The van der Waals surface area contributed by atoms with Crippen molar-refractivity contribution in [3.8, 4) is 5.75 Å². The summed E-state index contributed by atoms with van der Waals surface area (Å²) in [6.45, 7) is 1.08. The van der Waals surface area contributed by atoms with Crippen LogP contribution in [0.5, 0.6) is 5.75 Å². The highest BCUT2D eigenvalue weighted by atomic mass is 16.5. The van der Waals surface area contributed by atoms with Crippen LogP contribution in [0, 0.1) is 5.92 Å². The standard InChI is InChI=1S/C22H23N3O3/c1-28-18-9-4-8-17(13-18)23-21(26)16-7-5-11-25(14-16)22(27)20-12-15-6-2-3-10-19(15)24-20/h2-4,6,8-10,12-13,16,24H,5,7,11,14H2,1H3,(H,23,26)/t16-/m0/s1. The summed E-state index contributed by atoms with van der Waals surface area (Å²) in [7, 11) is 1.59. The Morgan fingerprint density at radius 2 is 2.00 bits per heavy atom. The first-order valence-corrected chi connectivity index (χ1v) is 9.46. The van der Waals surface area contributed by atoms with Gasteiger partial charge in [0.25, 0.3) is 5.91 Å². The lowest BCUT2D eigenvalue weighted by Crippen LogP contribution is -2.43. The highest BCUT2D eigenvalue weighted by molar-refractivity contribution is 5.99. The third-order valence-corrected chi connectivity index (χ3v) is 5.18. The largest absolute Gasteiger partial charge is 0.497 e. The maximum absolute atomic E-state index is 12.9. The molecule has 4 rings (SSSR count). The number of aromatic nitrogens is 1. The average Bonchev–Trinajstić information content (AvgIpc) is 3.17. The number of methoxy groups -OCH3 is 1. The fraction of sp³-hybridized carbons (Fsp3) is 0.273. The van der Waals surface area contributed by atoms with Crippen LogP contribution in [0.3, 0.4) is 0 Å². The van der Waals surface area contributed by atoms with Gasteiger partial charge in [-0.3, -0.25) is 9.59 Å². The first kappa shape index (κ1) is 18.1. The number of amides is 2. The molecule has 3 aromatic rings. The molecule has 1 saturated heterocycles. The van der Waals surface area contributed by atoms with Crippen LogP contribution in [0.2, 0.25) is 0 Å². The molecular weight excluding hydrogens is 354 g/mol. The Hall–Kier alpha value is -3.28. The molecule has 28 heavy (non-hydrogen) atoms. The lowest BCUT2D eigenvalue weighted by molar-refractivity contribution is -0.121. The number of H-pyrrole nitrogens is 1. The second kappa shape index (κ2) is 7.76. The summed E-state index contributed by atoms with van der Waals surface area (Å²) in [6.07, 6.45) is 1.58. The van der Waals surface area contributed by atoms with E-state index in [0.717, 1.165) is 23.7 Å². The van der Waals surface area contributed by atoms with E-state index in [9.17, 15) is 9.59 Å². The average molecular weight is 377 g/mol. The van der Waals surface area contributed by atoms with Crippen molar-refractivity contribution in [2.45, 2.75) is 12.8 Å². The number of benzene rings is 2. The number of piperidine rings is 1. The molecule has 1 aromatic heterocycles. The lowest BCUT2D eigenvalue weighted by atomic mass is 9.96. The molecule has 1 atom stereocenters. The van der Waals surface area contributed by atoms with Gasteiger partial charge in [0, 0.05) is 35.7 Å². The van der Waals surface area contributed by atoms with Crippen LogP contribution in [-0.4, -0.2) is 41.9 Å². The van der Waals surface area contributed by atoms with Crippen molar-refractivity contribution >= 4 is 28.4 Å². The summed E-state index contributed by atoms with van der Waals surface area (Å²) in [5, 5.41) is 3.95. The van der Waals surface area contributed by atoms with Gasteiger partial charge in [-0.2, -0.15) is 0 Å². The number of para-hydroxylation sites is 1. The van der Waals surface area contributed by atoms with E-state index in [0.29, 0.717) is 30.2 Å². The van der Waals surface area contributed by atoms with Gasteiger partial charge < -0.3 is 19.9 Å². The van der Waals surface area contributed by atoms with Crippen LogP contribution >= 0.6 is 0 Å². The Morgan fingerprint density at radius 3 is 2.82 bits per heavy atom. The Kier molecular flexibility index (Phi) is 5.02. The number of aromatic amines is 1. The van der Waals surface area contributed by atoms with E-state index >= 15 is 0 Å². The molecule has 0 aliphatic carbocycles. The van der Waals surface area contributed by atoms with E-state index < -0.39 is 0 Å². The molecule has 6 nitrogen and oxygen atoms in total. The molecule has 0 unspecified atom stereocenters. The number of carbonyl (C=O) groups is 2. The minimum Gasteiger partial charge on any atom is -0.497 e. The number of fused-ring (bicyclic) bond motifs is 1. The summed E-state index contributed by atoms with van der Waals surface area (Å²) >= 11 is 0. The summed E-state index contributed by atoms with van der Waals surface area (Å²) in [6, 6.07) is 17.0. The Balaban J connectivity index is 1.44. The second-order valence-electron chi connectivity index (χ2n) is 7.08. The molecular formula is C22H23N3O3. The van der Waals surface area contributed by atoms with E-state index in [1.165, 1.54) is 0 Å². The number of nitrogens with one attached hydrogen (secondary N) is 2. The SMILES string of the molecule is COc1cccc(NC(=O)[C@H]2CCCN(C(=O)c3cc4ccccc4[nH]3)C2)c1. The third-order valence-electron chi connectivity index (χ3n) is 5.18. The van der Waals surface area contributed by atoms with Crippen molar-refractivity contribution in [1.82, 2.24) is 9.88 Å². The summed E-state index contributed by atoms with van der Waals surface area (Å²) in [5.41, 5.74) is 2.20. The zero-order valence-electron chi connectivity index (χ0n) is 15.8. The van der Waals surface area contributed by atoms with Gasteiger partial charge >= 0.3 is 0 Å². The lowest BCUT2D eigenvalue weighted by Gasteiger charge is -2.31. The van der Waals surface area contributed by atoms with Crippen molar-refractivity contribution in [3.05, 3.63) is 60.3 Å². The molecule has 1 aliphatic rings. The van der Waals surface area contributed by atoms with Gasteiger partial charge in [0.1, 0.15) is 11.4 Å². The molecule has 0 radical (unpaired) electrons. The van der Waals surface area contributed by atoms with Crippen LogP contribution in [0.1, 0.15) is 23.3 Å². The number of hydrogen-bond donors (Lipinski definition) is 2. The molecule has 2 amide bonds. The molecule has 6 heteroatoms. The molecule has 0 bridgehead atoms. The van der Waals surface area contributed by atoms with Gasteiger partial charge in [0.2, 0.25) is 5.91 Å². The van der Waals surface area contributed by atoms with Gasteiger partial charge in [0.15, 0.2) is 0 Å². The van der Waals surface area contributed by atoms with Gasteiger partial charge in [-0.05, 0) is 37.1 Å². The molecule has 1 aliphatic heterocycles. The fourth-order valence-corrected chi connectivity index (χ4v) is 3.68. The Bertz CT molecular complexity index is 978. The predicted molar refractivity (Wildman–Crippen MR) is 109 cm³/mol. The predicted octanol–water partition coefficient (Wildman–Crippen LogP) is 3.67. The number of anilines is 1. The normalized spacial score (nSPS) is 16.8. The number of likely N-dealkylation sites (tertiary alicyclic amines) is 1. The summed E-state index contributed by atoms with van der Waals surface area (Å²) in [5.74, 6) is 0.336. The van der Waals surface area contributed by atoms with Crippen molar-refractivity contribution in [3.63, 3.8) is 0 Å². The minimum absolute atomic E-state index is 0.0601. The molecule has 1 fully saturated rings. The highest BCUT2D eigenvalue weighted by Crippen LogP contribution is 2.23. The molecule has 2 N–H and O–H groups in total. The molecule has 2 heterocycles. The van der Waals surface area contributed by atoms with E-state index in [-0.39, 0.29) is 17.7 Å². The van der Waals surface area contributed by atoms with Crippen LogP contribution in [0.25, 0.3) is 10.9 Å². The number of hydrogen-bond acceptors (Lipinski definition) is 3. The van der Waals surface area contributed by atoms with E-state index in [1.54, 1.807) is 18.1 Å². The first-order valence-electron chi connectivity index (χ1n) is 9.46. The first-order chi connectivity index (χ1) is 13.6. The number of rotatable bonds is 4. The summed E-state index contributed by atoms with van der Waals surface area (Å²) in [4.78, 5) is 30.6. The van der Waals surface area contributed by atoms with E-state index in [2.05, 4.69) is 10.3 Å². The molecule has 144 valence electrons. The second-order valence-corrected chi connectivity index (χ2v) is 7.08. The maximum atomic E-state index is 12.9. The smallest absolute Gasteiger partial charge is 0.270 e. The quantitative estimate of drug-likeness (QED) is 0.729. The maximum Gasteiger partial charge on any atom is 0.270 e. The Morgan fingerprint density at radius 1 is 1.14 bits per heavy atom. The molecule has 2 aromatic carbocycles. The van der Waals surface area contributed by atoms with Crippen molar-refractivity contribution in [1.29, 1.82) is 0 Å². The number of carbonyl (C=O) groups excluding carboxylic acids is 2. The van der Waals surface area contributed by atoms with Crippen LogP contribution in [0.15, 0.2) is 54.6 Å². The topological polar surface area (TPSA) is 74.4 Å². The number of ether oxygens (including phenoxy) is 1. The van der Waals surface area contributed by atoms with Gasteiger partial charge in [-0.15, -0.1) is 0 Å². The van der Waals surface area contributed by atoms with Crippen molar-refractivity contribution in [2.24, 2.45) is 5.92 Å². The van der Waals surface area contributed by atoms with Gasteiger partial charge in [-0.1, -0.05) is 24.3 Å². The van der Waals surface area contributed by atoms with Gasteiger partial charge in [-0.25, -0.2) is 0 Å². The van der Waals surface area contributed by atoms with E-state index in [1.807, 2.05) is 48.5 Å². The van der Waals surface area contributed by atoms with Crippen molar-refractivity contribution < 1.29 is 14.3 Å². The Labute approximate surface area is 163 Å². The highest BCUT2D eigenvalue weighted by Gasteiger charge is 2.29. The van der Waals surface area contributed by atoms with Crippen molar-refractivity contribution in [2.75, 3.05) is 25.5 Å². The third kappa shape index (κ3) is 3.71.